The molecule has 2 rings (SSSR count). The molecule has 1 aliphatic rings. The van der Waals surface area contributed by atoms with Gasteiger partial charge in [-0.15, -0.1) is 0 Å². The molecule has 1 aromatic rings. The van der Waals surface area contributed by atoms with Gasteiger partial charge in [-0.3, -0.25) is 0 Å². The summed E-state index contributed by atoms with van der Waals surface area (Å²) in [6.45, 7) is 3.29. The molecule has 1 fully saturated rings. The van der Waals surface area contributed by atoms with Crippen LogP contribution in [0.25, 0.3) is 0 Å². The molecule has 3 heteroatoms. The van der Waals surface area contributed by atoms with Crippen molar-refractivity contribution < 1.29 is 9.13 Å². The van der Waals surface area contributed by atoms with Gasteiger partial charge in [-0.25, -0.2) is 4.39 Å². The first-order valence-electron chi connectivity index (χ1n) is 6.21. The van der Waals surface area contributed by atoms with Gasteiger partial charge in [-0.2, -0.15) is 0 Å². The molecule has 17 heavy (non-hydrogen) atoms. The molecule has 2 N–H and O–H groups in total. The molecule has 1 aliphatic heterocycles. The summed E-state index contributed by atoms with van der Waals surface area (Å²) < 4.78 is 20.4. The maximum Gasteiger partial charge on any atom is 0.138 e. The fourth-order valence-corrected chi connectivity index (χ4v) is 2.56. The molecule has 2 nitrogen and oxygen atoms in total. The second-order valence-corrected chi connectivity index (χ2v) is 4.85. The Labute approximate surface area is 102 Å². The maximum atomic E-state index is 15.0. The lowest BCUT2D eigenvalue weighted by Crippen LogP contribution is -2.35. The van der Waals surface area contributed by atoms with Gasteiger partial charge in [0.25, 0.3) is 0 Å². The zero-order valence-electron chi connectivity index (χ0n) is 10.3. The molecule has 2 atom stereocenters. The lowest BCUT2D eigenvalue weighted by atomic mass is 9.79. The van der Waals surface area contributed by atoms with Gasteiger partial charge in [-0.1, -0.05) is 24.3 Å². The van der Waals surface area contributed by atoms with Crippen molar-refractivity contribution in [1.82, 2.24) is 0 Å². The van der Waals surface area contributed by atoms with Crippen LogP contribution in [-0.2, 0) is 17.0 Å². The van der Waals surface area contributed by atoms with E-state index in [4.69, 9.17) is 10.5 Å². The van der Waals surface area contributed by atoms with Crippen LogP contribution in [0.2, 0.25) is 0 Å². The highest BCUT2D eigenvalue weighted by molar-refractivity contribution is 5.32. The molecule has 94 valence electrons. The van der Waals surface area contributed by atoms with E-state index in [0.29, 0.717) is 13.2 Å². The number of hydrogen-bond acceptors (Lipinski definition) is 2. The molecule has 0 radical (unpaired) electrons. The van der Waals surface area contributed by atoms with Crippen molar-refractivity contribution in [3.8, 4) is 0 Å². The summed E-state index contributed by atoms with van der Waals surface area (Å²) in [6, 6.07) is 7.52. The average Bonchev–Trinajstić information content (AvgIpc) is 2.39. The maximum absolute atomic E-state index is 15.0. The van der Waals surface area contributed by atoms with Crippen LogP contribution in [0.1, 0.15) is 30.9 Å². The van der Waals surface area contributed by atoms with E-state index in [1.165, 1.54) is 0 Å². The number of alkyl halides is 1. The Hall–Kier alpha value is -0.930. The summed E-state index contributed by atoms with van der Waals surface area (Å²) in [4.78, 5) is 0. The highest BCUT2D eigenvalue weighted by Crippen LogP contribution is 2.39. The minimum atomic E-state index is -1.35. The topological polar surface area (TPSA) is 35.2 Å². The van der Waals surface area contributed by atoms with Crippen molar-refractivity contribution >= 4 is 0 Å². The van der Waals surface area contributed by atoms with Gasteiger partial charge in [0.15, 0.2) is 0 Å². The van der Waals surface area contributed by atoms with Crippen LogP contribution in [0.15, 0.2) is 24.3 Å². The van der Waals surface area contributed by atoms with Crippen LogP contribution in [0.5, 0.6) is 0 Å². The third-order valence-corrected chi connectivity index (χ3v) is 3.69. The number of benzene rings is 1. The van der Waals surface area contributed by atoms with Crippen molar-refractivity contribution in [1.29, 1.82) is 0 Å². The molecule has 0 amide bonds. The van der Waals surface area contributed by atoms with Gasteiger partial charge in [0.2, 0.25) is 0 Å². The van der Waals surface area contributed by atoms with Gasteiger partial charge in [-0.05, 0) is 30.9 Å². The average molecular weight is 237 g/mol. The summed E-state index contributed by atoms with van der Waals surface area (Å²) in [7, 11) is 0. The van der Waals surface area contributed by atoms with E-state index in [-0.39, 0.29) is 5.92 Å². The summed E-state index contributed by atoms with van der Waals surface area (Å²) >= 11 is 0. The van der Waals surface area contributed by atoms with Crippen LogP contribution in [0.3, 0.4) is 0 Å². The Morgan fingerprint density at radius 1 is 1.47 bits per heavy atom. The minimum absolute atomic E-state index is 0.0658. The van der Waals surface area contributed by atoms with Crippen molar-refractivity contribution in [2.45, 2.75) is 32.0 Å². The van der Waals surface area contributed by atoms with E-state index in [9.17, 15) is 0 Å². The number of hydrogen-bond donors (Lipinski definition) is 1. The fourth-order valence-electron chi connectivity index (χ4n) is 2.56. The van der Waals surface area contributed by atoms with Crippen molar-refractivity contribution in [3.05, 3.63) is 35.4 Å². The molecule has 1 aromatic carbocycles. The molecule has 0 aliphatic carbocycles. The monoisotopic (exact) mass is 237 g/mol. The summed E-state index contributed by atoms with van der Waals surface area (Å²) in [5.41, 5.74) is 5.94. The molecule has 0 saturated carbocycles. The first-order chi connectivity index (χ1) is 8.16. The Kier molecular flexibility index (Phi) is 3.79. The van der Waals surface area contributed by atoms with Gasteiger partial charge in [0.05, 0.1) is 6.61 Å². The fraction of sp³-hybridized carbons (Fsp3) is 0.571. The first-order valence-corrected chi connectivity index (χ1v) is 6.21. The molecular formula is C14H20FNO. The highest BCUT2D eigenvalue weighted by atomic mass is 19.1. The Balaban J connectivity index is 2.29. The summed E-state index contributed by atoms with van der Waals surface area (Å²) in [6.07, 6.45) is 1.82. The van der Waals surface area contributed by atoms with Gasteiger partial charge >= 0.3 is 0 Å². The van der Waals surface area contributed by atoms with Gasteiger partial charge in [0.1, 0.15) is 5.67 Å². The van der Waals surface area contributed by atoms with Gasteiger partial charge < -0.3 is 10.5 Å². The SMILES string of the molecule is CC(F)(c1ccccc1CN)C1CCCOC1. The van der Waals surface area contributed by atoms with Crippen LogP contribution in [0, 0.1) is 5.92 Å². The number of halogens is 1. The Bertz CT molecular complexity index is 372. The molecule has 1 saturated heterocycles. The lowest BCUT2D eigenvalue weighted by molar-refractivity contribution is -0.0235. The van der Waals surface area contributed by atoms with Gasteiger partial charge in [0, 0.05) is 19.1 Å². The number of nitrogens with two attached hydrogens (primary N) is 1. The van der Waals surface area contributed by atoms with Crippen molar-refractivity contribution in [2.75, 3.05) is 13.2 Å². The standard InChI is InChI=1S/C14H20FNO/c1-14(15,12-6-4-8-17-10-12)13-7-3-2-5-11(13)9-16/h2-3,5,7,12H,4,6,8-10,16H2,1H3. The summed E-state index contributed by atoms with van der Waals surface area (Å²) in [5, 5.41) is 0. The molecule has 2 unspecified atom stereocenters. The quantitative estimate of drug-likeness (QED) is 0.877. The highest BCUT2D eigenvalue weighted by Gasteiger charge is 2.38. The van der Waals surface area contributed by atoms with Crippen LogP contribution in [-0.4, -0.2) is 13.2 Å². The third-order valence-electron chi connectivity index (χ3n) is 3.69. The molecule has 1 heterocycles. The summed E-state index contributed by atoms with van der Waals surface area (Å²) in [5.74, 6) is -0.0658. The predicted octanol–water partition coefficient (Wildman–Crippen LogP) is 2.76. The Morgan fingerprint density at radius 2 is 2.24 bits per heavy atom. The van der Waals surface area contributed by atoms with E-state index in [2.05, 4.69) is 0 Å². The van der Waals surface area contributed by atoms with E-state index in [1.54, 1.807) is 6.92 Å². The molecule has 0 bridgehead atoms. The Morgan fingerprint density at radius 3 is 2.88 bits per heavy atom. The zero-order chi connectivity index (χ0) is 12.3. The molecule has 0 spiro atoms. The third kappa shape index (κ3) is 2.50. The van der Waals surface area contributed by atoms with Crippen molar-refractivity contribution in [2.24, 2.45) is 11.7 Å². The second kappa shape index (κ2) is 5.15. The van der Waals surface area contributed by atoms with Crippen molar-refractivity contribution in [3.63, 3.8) is 0 Å². The van der Waals surface area contributed by atoms with E-state index in [0.717, 1.165) is 30.6 Å². The predicted molar refractivity (Wildman–Crippen MR) is 66.3 cm³/mol. The van der Waals surface area contributed by atoms with E-state index >= 15 is 4.39 Å². The first kappa shape index (κ1) is 12.5. The number of rotatable bonds is 3. The normalized spacial score (nSPS) is 24.3. The largest absolute Gasteiger partial charge is 0.381 e. The van der Waals surface area contributed by atoms with E-state index < -0.39 is 5.67 Å². The van der Waals surface area contributed by atoms with Crippen LogP contribution < -0.4 is 5.73 Å². The lowest BCUT2D eigenvalue weighted by Gasteiger charge is -2.34. The van der Waals surface area contributed by atoms with Crippen LogP contribution in [0.4, 0.5) is 4.39 Å². The second-order valence-electron chi connectivity index (χ2n) is 4.85. The number of ether oxygens (including phenoxy) is 1. The van der Waals surface area contributed by atoms with Crippen LogP contribution >= 0.6 is 0 Å². The van der Waals surface area contributed by atoms with E-state index in [1.807, 2.05) is 24.3 Å². The smallest absolute Gasteiger partial charge is 0.138 e. The molecule has 0 aromatic heterocycles. The molecular weight excluding hydrogens is 217 g/mol. The zero-order valence-corrected chi connectivity index (χ0v) is 10.3. The minimum Gasteiger partial charge on any atom is -0.381 e.